The van der Waals surface area contributed by atoms with Crippen molar-refractivity contribution in [3.05, 3.63) is 17.2 Å². The van der Waals surface area contributed by atoms with Crippen molar-refractivity contribution in [3.63, 3.8) is 0 Å². The van der Waals surface area contributed by atoms with Crippen molar-refractivity contribution in [2.75, 3.05) is 12.3 Å². The molecule has 1 aliphatic heterocycles. The Labute approximate surface area is 69.8 Å². The Balaban J connectivity index is 2.28. The van der Waals surface area contributed by atoms with Gasteiger partial charge in [-0.05, 0) is 24.2 Å². The van der Waals surface area contributed by atoms with Crippen LogP contribution in [-0.2, 0) is 0 Å². The highest BCUT2D eigenvalue weighted by Gasteiger charge is 2.23. The van der Waals surface area contributed by atoms with Crippen LogP contribution in [0.2, 0.25) is 0 Å². The molecule has 1 rings (SSSR count). The average molecular weight is 173 g/mol. The zero-order valence-corrected chi connectivity index (χ0v) is 6.96. The van der Waals surface area contributed by atoms with Crippen LogP contribution in [0.5, 0.6) is 0 Å². The molecule has 0 aromatic rings. The van der Waals surface area contributed by atoms with Gasteiger partial charge in [-0.1, -0.05) is 5.18 Å². The van der Waals surface area contributed by atoms with Gasteiger partial charge in [-0.15, -0.1) is 0 Å². The van der Waals surface area contributed by atoms with Crippen molar-refractivity contribution in [3.8, 4) is 0 Å². The van der Waals surface area contributed by atoms with Crippen LogP contribution in [0.4, 0.5) is 0 Å². The molecule has 1 N–H and O–H groups in total. The summed E-state index contributed by atoms with van der Waals surface area (Å²) in [6.45, 7) is 0.419. The Morgan fingerprint density at radius 1 is 1.73 bits per heavy atom. The first-order chi connectivity index (χ1) is 5.36. The molecule has 0 bridgehead atoms. The Hall–Kier alpha value is -0.510. The molecule has 0 amide bonds. The maximum atomic E-state index is 9.90. The number of hydrogen-bond donors (Lipinski definition) is 1. The van der Waals surface area contributed by atoms with E-state index in [-0.39, 0.29) is 0 Å². The molecule has 2 atom stereocenters. The van der Waals surface area contributed by atoms with Gasteiger partial charge >= 0.3 is 0 Å². The third-order valence-corrected chi connectivity index (χ3v) is 3.19. The molecule has 0 saturated carbocycles. The normalized spacial score (nSPS) is 31.3. The highest BCUT2D eigenvalue weighted by molar-refractivity contribution is 8.00. The van der Waals surface area contributed by atoms with Gasteiger partial charge < -0.3 is 5.11 Å². The summed E-state index contributed by atoms with van der Waals surface area (Å²) in [5.41, 5.74) is 0. The van der Waals surface area contributed by atoms with Gasteiger partial charge in [0.15, 0.2) is 0 Å². The lowest BCUT2D eigenvalue weighted by molar-refractivity contribution is 0.469. The number of nitrogens with zero attached hydrogens (tertiary/aromatic N) is 1. The third-order valence-electron chi connectivity index (χ3n) is 1.75. The molecule has 2 unspecified atom stereocenters. The molecule has 0 radical (unpaired) electrons. The summed E-state index contributed by atoms with van der Waals surface area (Å²) in [5.74, 6) is 1.40. The summed E-state index contributed by atoms with van der Waals surface area (Å²) in [6, 6.07) is 0. The molecule has 1 saturated heterocycles. The number of rotatable bonds is 3. The first kappa shape index (κ1) is 8.59. The summed E-state index contributed by atoms with van der Waals surface area (Å²) < 4.78 is 0. The highest BCUT2D eigenvalue weighted by Crippen LogP contribution is 2.32. The Kier molecular flexibility index (Phi) is 3.42. The second-order valence-electron chi connectivity index (χ2n) is 2.63. The minimum Gasteiger partial charge on any atom is -0.516 e. The number of aliphatic hydroxyl groups is 1. The molecule has 62 valence electrons. The van der Waals surface area contributed by atoms with E-state index in [0.717, 1.165) is 18.4 Å². The van der Waals surface area contributed by atoms with Crippen LogP contribution >= 0.6 is 11.8 Å². The predicted octanol–water partition coefficient (Wildman–Crippen LogP) is 1.95. The molecule has 1 fully saturated rings. The van der Waals surface area contributed by atoms with Crippen LogP contribution in [0, 0.1) is 10.8 Å². The van der Waals surface area contributed by atoms with E-state index in [1.807, 2.05) is 0 Å². The van der Waals surface area contributed by atoms with E-state index in [9.17, 15) is 4.91 Å². The maximum Gasteiger partial charge on any atom is 0.0847 e. The smallest absolute Gasteiger partial charge is 0.0847 e. The lowest BCUT2D eigenvalue weighted by atomic mass is 10.1. The summed E-state index contributed by atoms with van der Waals surface area (Å²) in [4.78, 5) is 9.90. The largest absolute Gasteiger partial charge is 0.516 e. The number of thioether (sulfide) groups is 1. The average Bonchev–Trinajstić information content (AvgIpc) is 2.38. The summed E-state index contributed by atoms with van der Waals surface area (Å²) in [6.07, 6.45) is 3.80. The molecule has 0 aliphatic carbocycles. The van der Waals surface area contributed by atoms with E-state index in [2.05, 4.69) is 5.18 Å². The van der Waals surface area contributed by atoms with E-state index >= 15 is 0 Å². The van der Waals surface area contributed by atoms with Crippen LogP contribution in [0.25, 0.3) is 0 Å². The van der Waals surface area contributed by atoms with Crippen molar-refractivity contribution in [2.45, 2.75) is 11.7 Å². The molecule has 0 aromatic carbocycles. The van der Waals surface area contributed by atoms with Crippen LogP contribution < -0.4 is 0 Å². The molecule has 4 heteroatoms. The number of hydrogen-bond acceptors (Lipinski definition) is 4. The van der Waals surface area contributed by atoms with E-state index in [1.165, 1.54) is 0 Å². The second-order valence-corrected chi connectivity index (χ2v) is 3.90. The summed E-state index contributed by atoms with van der Waals surface area (Å²) in [7, 11) is 0. The van der Waals surface area contributed by atoms with Crippen LogP contribution in [0.15, 0.2) is 17.5 Å². The van der Waals surface area contributed by atoms with Gasteiger partial charge in [0.2, 0.25) is 0 Å². The van der Waals surface area contributed by atoms with Crippen molar-refractivity contribution < 1.29 is 5.11 Å². The topological polar surface area (TPSA) is 49.7 Å². The number of aliphatic hydroxyl groups excluding tert-OH is 1. The van der Waals surface area contributed by atoms with E-state index in [0.29, 0.717) is 17.7 Å². The Morgan fingerprint density at radius 3 is 3.18 bits per heavy atom. The van der Waals surface area contributed by atoms with E-state index < -0.39 is 0 Å². The SMILES string of the molecule is O=NCC1CSC(/C=C/O)C1. The van der Waals surface area contributed by atoms with Crippen molar-refractivity contribution in [1.29, 1.82) is 0 Å². The quantitative estimate of drug-likeness (QED) is 0.524. The van der Waals surface area contributed by atoms with Crippen molar-refractivity contribution in [2.24, 2.45) is 11.1 Å². The molecule has 11 heavy (non-hydrogen) atoms. The van der Waals surface area contributed by atoms with Gasteiger partial charge in [0.25, 0.3) is 0 Å². The summed E-state index contributed by atoms with van der Waals surface area (Å²) in [5, 5.41) is 11.7. The number of nitroso groups, excluding NO2 is 1. The lowest BCUT2D eigenvalue weighted by Gasteiger charge is -2.00. The fourth-order valence-corrected chi connectivity index (χ4v) is 2.54. The minimum absolute atomic E-state index is 0.381. The molecule has 0 aromatic heterocycles. The first-order valence-electron chi connectivity index (χ1n) is 3.58. The van der Waals surface area contributed by atoms with Crippen LogP contribution in [0.1, 0.15) is 6.42 Å². The summed E-state index contributed by atoms with van der Waals surface area (Å²) >= 11 is 1.77. The van der Waals surface area contributed by atoms with E-state index in [1.54, 1.807) is 17.8 Å². The van der Waals surface area contributed by atoms with E-state index in [4.69, 9.17) is 5.11 Å². The predicted molar refractivity (Wildman–Crippen MR) is 46.8 cm³/mol. The first-order valence-corrected chi connectivity index (χ1v) is 4.63. The van der Waals surface area contributed by atoms with Gasteiger partial charge in [0.1, 0.15) is 0 Å². The maximum absolute atomic E-state index is 9.90. The molecular formula is C7H11NO2S. The zero-order chi connectivity index (χ0) is 8.10. The van der Waals surface area contributed by atoms with Gasteiger partial charge in [-0.25, -0.2) is 0 Å². The zero-order valence-electron chi connectivity index (χ0n) is 6.14. The van der Waals surface area contributed by atoms with Gasteiger partial charge in [-0.3, -0.25) is 0 Å². The third kappa shape index (κ3) is 2.54. The fourth-order valence-electron chi connectivity index (χ4n) is 1.19. The molecule has 0 spiro atoms. The fraction of sp³-hybridized carbons (Fsp3) is 0.714. The Morgan fingerprint density at radius 2 is 2.55 bits per heavy atom. The Bertz CT molecular complexity index is 161. The second kappa shape index (κ2) is 4.38. The molecule has 1 heterocycles. The monoisotopic (exact) mass is 173 g/mol. The van der Waals surface area contributed by atoms with Crippen LogP contribution in [-0.4, -0.2) is 22.7 Å². The van der Waals surface area contributed by atoms with Crippen molar-refractivity contribution >= 4 is 11.8 Å². The molecular weight excluding hydrogens is 162 g/mol. The standard InChI is InChI=1S/C7H11NO2S/c9-2-1-7-3-6(4-8-10)5-11-7/h1-2,6-7,9H,3-5H2/b2-1+. The lowest BCUT2D eigenvalue weighted by Crippen LogP contribution is -2.03. The van der Waals surface area contributed by atoms with Gasteiger partial charge in [0.05, 0.1) is 12.8 Å². The van der Waals surface area contributed by atoms with Gasteiger partial charge in [0, 0.05) is 5.25 Å². The highest BCUT2D eigenvalue weighted by atomic mass is 32.2. The minimum atomic E-state index is 0.381. The van der Waals surface area contributed by atoms with Crippen molar-refractivity contribution in [1.82, 2.24) is 0 Å². The molecule has 1 aliphatic rings. The molecule has 3 nitrogen and oxygen atoms in total. The van der Waals surface area contributed by atoms with Gasteiger partial charge in [-0.2, -0.15) is 16.7 Å². The van der Waals surface area contributed by atoms with Crippen LogP contribution in [0.3, 0.4) is 0 Å².